The molecule has 0 saturated carbocycles. The van der Waals surface area contributed by atoms with Crippen molar-refractivity contribution in [2.24, 2.45) is 10.7 Å². The van der Waals surface area contributed by atoms with E-state index in [-0.39, 0.29) is 6.04 Å². The van der Waals surface area contributed by atoms with Crippen molar-refractivity contribution in [2.45, 2.75) is 23.8 Å². The van der Waals surface area contributed by atoms with E-state index in [1.54, 1.807) is 0 Å². The number of nitrogens with zero attached hydrogens (tertiary/aromatic N) is 2. The number of benzene rings is 1. The SMILES string of the molecule is N[C@H](CCN1C=NCCC1)CSc1ccccc1. The summed E-state index contributed by atoms with van der Waals surface area (Å²) in [4.78, 5) is 7.86. The van der Waals surface area contributed by atoms with Crippen LogP contribution in [-0.4, -0.2) is 42.7 Å². The summed E-state index contributed by atoms with van der Waals surface area (Å²) in [6.45, 7) is 3.13. The van der Waals surface area contributed by atoms with E-state index >= 15 is 0 Å². The van der Waals surface area contributed by atoms with Gasteiger partial charge in [0.15, 0.2) is 0 Å². The van der Waals surface area contributed by atoms with Gasteiger partial charge in [-0.25, -0.2) is 0 Å². The first-order chi connectivity index (χ1) is 8.84. The van der Waals surface area contributed by atoms with E-state index in [9.17, 15) is 0 Å². The highest BCUT2D eigenvalue weighted by Gasteiger charge is 2.08. The lowest BCUT2D eigenvalue weighted by Gasteiger charge is -2.23. The summed E-state index contributed by atoms with van der Waals surface area (Å²) in [6.07, 6.45) is 4.18. The molecule has 0 aliphatic carbocycles. The molecule has 0 amide bonds. The number of thioether (sulfide) groups is 1. The summed E-state index contributed by atoms with van der Waals surface area (Å²) in [5.41, 5.74) is 6.15. The smallest absolute Gasteiger partial charge is 0.0849 e. The lowest BCUT2D eigenvalue weighted by Crippen LogP contribution is -2.33. The molecule has 1 aromatic carbocycles. The molecular weight excluding hydrogens is 242 g/mol. The van der Waals surface area contributed by atoms with E-state index in [1.165, 1.54) is 11.3 Å². The van der Waals surface area contributed by atoms with E-state index in [0.29, 0.717) is 0 Å². The van der Waals surface area contributed by atoms with Crippen LogP contribution in [0.3, 0.4) is 0 Å². The van der Waals surface area contributed by atoms with Gasteiger partial charge in [0.1, 0.15) is 0 Å². The molecule has 0 aromatic heterocycles. The number of hydrogen-bond donors (Lipinski definition) is 1. The molecule has 18 heavy (non-hydrogen) atoms. The number of aliphatic imine (C=N–C) groups is 1. The fraction of sp³-hybridized carbons (Fsp3) is 0.500. The molecule has 1 aromatic rings. The van der Waals surface area contributed by atoms with Crippen molar-refractivity contribution in [3.8, 4) is 0 Å². The first-order valence-electron chi connectivity index (χ1n) is 6.52. The molecule has 2 N–H and O–H groups in total. The van der Waals surface area contributed by atoms with Crippen molar-refractivity contribution in [2.75, 3.05) is 25.4 Å². The van der Waals surface area contributed by atoms with Gasteiger partial charge in [0.05, 0.1) is 6.34 Å². The fourth-order valence-electron chi connectivity index (χ4n) is 1.90. The normalized spacial score (nSPS) is 16.8. The molecule has 0 saturated heterocycles. The van der Waals surface area contributed by atoms with Crippen molar-refractivity contribution in [3.63, 3.8) is 0 Å². The van der Waals surface area contributed by atoms with Crippen LogP contribution in [0.4, 0.5) is 0 Å². The predicted octanol–water partition coefficient (Wildman–Crippen LogP) is 2.23. The number of hydrogen-bond acceptors (Lipinski definition) is 4. The Bertz CT molecular complexity index is 367. The zero-order valence-corrected chi connectivity index (χ0v) is 11.5. The average molecular weight is 263 g/mol. The highest BCUT2D eigenvalue weighted by molar-refractivity contribution is 7.99. The molecule has 0 fully saturated rings. The van der Waals surface area contributed by atoms with Crippen LogP contribution in [0.2, 0.25) is 0 Å². The zero-order valence-electron chi connectivity index (χ0n) is 10.7. The van der Waals surface area contributed by atoms with Gasteiger partial charge in [-0.2, -0.15) is 0 Å². The molecule has 98 valence electrons. The van der Waals surface area contributed by atoms with Gasteiger partial charge in [0.25, 0.3) is 0 Å². The summed E-state index contributed by atoms with van der Waals surface area (Å²) in [5, 5.41) is 0. The zero-order chi connectivity index (χ0) is 12.6. The molecule has 0 radical (unpaired) electrons. The summed E-state index contributed by atoms with van der Waals surface area (Å²) < 4.78 is 0. The van der Waals surface area contributed by atoms with Gasteiger partial charge in [-0.05, 0) is 25.0 Å². The third-order valence-electron chi connectivity index (χ3n) is 2.97. The van der Waals surface area contributed by atoms with E-state index in [4.69, 9.17) is 5.73 Å². The first-order valence-corrected chi connectivity index (χ1v) is 7.50. The maximum absolute atomic E-state index is 6.15. The van der Waals surface area contributed by atoms with Crippen LogP contribution >= 0.6 is 11.8 Å². The Morgan fingerprint density at radius 3 is 2.89 bits per heavy atom. The molecule has 1 atom stereocenters. The number of nitrogens with two attached hydrogens (primary N) is 1. The topological polar surface area (TPSA) is 41.6 Å². The van der Waals surface area contributed by atoms with E-state index in [2.05, 4.69) is 34.2 Å². The van der Waals surface area contributed by atoms with Crippen molar-refractivity contribution in [1.29, 1.82) is 0 Å². The molecule has 1 aliphatic heterocycles. The second kappa shape index (κ2) is 7.44. The average Bonchev–Trinajstić information content (AvgIpc) is 2.45. The number of rotatable bonds is 6. The maximum Gasteiger partial charge on any atom is 0.0849 e. The Labute approximate surface area is 113 Å². The molecular formula is C14H21N3S. The van der Waals surface area contributed by atoms with Crippen LogP contribution in [0.1, 0.15) is 12.8 Å². The molecule has 0 unspecified atom stereocenters. The Balaban J connectivity index is 1.64. The fourth-order valence-corrected chi connectivity index (χ4v) is 2.82. The van der Waals surface area contributed by atoms with Crippen molar-refractivity contribution < 1.29 is 0 Å². The highest BCUT2D eigenvalue weighted by Crippen LogP contribution is 2.18. The largest absolute Gasteiger partial charge is 0.363 e. The second-order valence-corrected chi connectivity index (χ2v) is 5.68. The minimum atomic E-state index is 0.255. The predicted molar refractivity (Wildman–Crippen MR) is 79.3 cm³/mol. The monoisotopic (exact) mass is 263 g/mol. The Morgan fingerprint density at radius 1 is 1.33 bits per heavy atom. The molecule has 0 bridgehead atoms. The van der Waals surface area contributed by atoms with E-state index in [1.807, 2.05) is 24.2 Å². The van der Waals surface area contributed by atoms with Gasteiger partial charge in [0.2, 0.25) is 0 Å². The third kappa shape index (κ3) is 4.70. The van der Waals surface area contributed by atoms with Crippen LogP contribution in [0, 0.1) is 0 Å². The van der Waals surface area contributed by atoms with E-state index in [0.717, 1.165) is 31.8 Å². The Morgan fingerprint density at radius 2 is 2.17 bits per heavy atom. The molecule has 2 rings (SSSR count). The van der Waals surface area contributed by atoms with Gasteiger partial charge in [-0.15, -0.1) is 11.8 Å². The van der Waals surface area contributed by atoms with Crippen molar-refractivity contribution in [3.05, 3.63) is 30.3 Å². The van der Waals surface area contributed by atoms with Gasteiger partial charge in [0, 0.05) is 36.3 Å². The Kier molecular flexibility index (Phi) is 5.55. The summed E-state index contributed by atoms with van der Waals surface area (Å²) in [6, 6.07) is 10.7. The minimum absolute atomic E-state index is 0.255. The van der Waals surface area contributed by atoms with Crippen LogP contribution < -0.4 is 5.73 Å². The van der Waals surface area contributed by atoms with Crippen LogP contribution in [0.5, 0.6) is 0 Å². The highest BCUT2D eigenvalue weighted by atomic mass is 32.2. The van der Waals surface area contributed by atoms with Crippen molar-refractivity contribution in [1.82, 2.24) is 4.90 Å². The second-order valence-electron chi connectivity index (χ2n) is 4.58. The summed E-state index contributed by atoms with van der Waals surface area (Å²) >= 11 is 1.84. The maximum atomic E-state index is 6.15. The lowest BCUT2D eigenvalue weighted by atomic mass is 10.2. The van der Waals surface area contributed by atoms with Gasteiger partial charge < -0.3 is 10.6 Å². The van der Waals surface area contributed by atoms with Gasteiger partial charge in [-0.1, -0.05) is 18.2 Å². The molecule has 4 heteroatoms. The summed E-state index contributed by atoms with van der Waals surface area (Å²) in [5.74, 6) is 0.981. The molecule has 0 spiro atoms. The van der Waals surface area contributed by atoms with E-state index < -0.39 is 0 Å². The molecule has 3 nitrogen and oxygen atoms in total. The van der Waals surface area contributed by atoms with Gasteiger partial charge in [-0.3, -0.25) is 4.99 Å². The lowest BCUT2D eigenvalue weighted by molar-refractivity contribution is 0.388. The standard InChI is InChI=1S/C14H21N3S/c15-13(7-10-17-9-4-8-16-12-17)11-18-14-5-2-1-3-6-14/h1-3,5-6,12-13H,4,7-11,15H2/t13-/m1/s1. The Hall–Kier alpha value is -1.00. The van der Waals surface area contributed by atoms with Crippen LogP contribution in [-0.2, 0) is 0 Å². The third-order valence-corrected chi connectivity index (χ3v) is 4.17. The minimum Gasteiger partial charge on any atom is -0.363 e. The van der Waals surface area contributed by atoms with Crippen LogP contribution in [0.15, 0.2) is 40.2 Å². The van der Waals surface area contributed by atoms with Crippen molar-refractivity contribution >= 4 is 18.1 Å². The molecule has 1 aliphatic rings. The molecule has 1 heterocycles. The quantitative estimate of drug-likeness (QED) is 0.800. The first kappa shape index (κ1) is 13.4. The summed E-state index contributed by atoms with van der Waals surface area (Å²) in [7, 11) is 0. The van der Waals surface area contributed by atoms with Gasteiger partial charge >= 0.3 is 0 Å². The van der Waals surface area contributed by atoms with Crippen LogP contribution in [0.25, 0.3) is 0 Å².